The monoisotopic (exact) mass is 1330 g/mol. The maximum absolute atomic E-state index is 14.2. The van der Waals surface area contributed by atoms with Gasteiger partial charge >= 0.3 is 35.8 Å². The van der Waals surface area contributed by atoms with Crippen LogP contribution in [-0.2, 0) is 67.3 Å². The van der Waals surface area contributed by atoms with E-state index in [-0.39, 0.29) is 139 Å². The van der Waals surface area contributed by atoms with Gasteiger partial charge in [0.1, 0.15) is 51.2 Å². The van der Waals surface area contributed by atoms with E-state index < -0.39 is 35.8 Å². The molecule has 0 saturated heterocycles. The molecule has 0 atom stereocenters. The topological polar surface area (TPSA) is 253 Å². The van der Waals surface area contributed by atoms with E-state index >= 15 is 0 Å². The molecule has 21 heteroatoms. The zero-order chi connectivity index (χ0) is 68.8. The molecule has 3 aromatic heterocycles. The van der Waals surface area contributed by atoms with Crippen molar-refractivity contribution in [3.63, 3.8) is 0 Å². The van der Waals surface area contributed by atoms with Gasteiger partial charge in [-0.2, -0.15) is 0 Å². The molecule has 0 aliphatic carbocycles. The van der Waals surface area contributed by atoms with Gasteiger partial charge in [-0.05, 0) is 124 Å². The molecule has 13 rings (SSSR count). The highest BCUT2D eigenvalue weighted by Gasteiger charge is 2.31. The van der Waals surface area contributed by atoms with Crippen LogP contribution in [0.1, 0.15) is 33.4 Å². The van der Waals surface area contributed by atoms with Crippen molar-refractivity contribution in [3.8, 4) is 69.0 Å². The third kappa shape index (κ3) is 14.3. The summed E-state index contributed by atoms with van der Waals surface area (Å²) in [5.41, 5.74) is 4.10. The summed E-state index contributed by atoms with van der Waals surface area (Å²) < 4.78 is 89.6. The van der Waals surface area contributed by atoms with Crippen molar-refractivity contribution in [1.29, 1.82) is 0 Å². The molecule has 0 amide bonds. The highest BCUT2D eigenvalue weighted by molar-refractivity contribution is 6.36. The van der Waals surface area contributed by atoms with Gasteiger partial charge in [-0.15, -0.1) is 0 Å². The van der Waals surface area contributed by atoms with Crippen molar-refractivity contribution in [2.75, 3.05) is 42.7 Å². The van der Waals surface area contributed by atoms with Crippen LogP contribution in [0.3, 0.4) is 0 Å². The minimum absolute atomic E-state index is 0.0901. The third-order valence-electron chi connectivity index (χ3n) is 16.3. The molecule has 0 radical (unpaired) electrons. The molecule has 21 nitrogen and oxygen atoms in total. The van der Waals surface area contributed by atoms with Crippen LogP contribution < -0.4 is 56.8 Å². The van der Waals surface area contributed by atoms with E-state index in [2.05, 4.69) is 0 Å². The lowest BCUT2D eigenvalue weighted by Gasteiger charge is -2.11. The van der Waals surface area contributed by atoms with Crippen molar-refractivity contribution in [2.45, 2.75) is 38.5 Å². The van der Waals surface area contributed by atoms with E-state index in [1.165, 1.54) is 79.1 Å². The SMILES string of the molecule is COc1ccc(CC(=O)Oc2cc3oc4c(c3cc2OC(=O)Cc2ccc(OC)cc2)c2oc3cc(OC(=O)Cc5ccc(OC)cc5)c(OC(=O)Cc5ccc(OC)cc5)cc3c2c2oc3cc(OC(=O)Cc5ccc(OC)cc5)c(OC(=O)Cc5ccc(OC)cc5)cc3c42)cc1. The molecule has 498 valence electrons. The Bertz CT molecular complexity index is 4690. The van der Waals surface area contributed by atoms with E-state index in [9.17, 15) is 28.8 Å². The molecule has 0 aliphatic heterocycles. The molecule has 0 bridgehead atoms. The van der Waals surface area contributed by atoms with Gasteiger partial charge in [0.15, 0.2) is 51.2 Å². The molecule has 0 N–H and O–H groups in total. The van der Waals surface area contributed by atoms with Crippen molar-refractivity contribution in [3.05, 3.63) is 215 Å². The summed E-state index contributed by atoms with van der Waals surface area (Å²) in [5, 5.41) is 1.54. The number of ether oxygens (including phenoxy) is 12. The molecular weight excluding hydrogens is 1270 g/mol. The molecule has 3 heterocycles. The zero-order valence-corrected chi connectivity index (χ0v) is 54.1. The van der Waals surface area contributed by atoms with Crippen LogP contribution >= 0.6 is 0 Å². The fourth-order valence-electron chi connectivity index (χ4n) is 11.4. The lowest BCUT2D eigenvalue weighted by molar-refractivity contribution is -0.136. The van der Waals surface area contributed by atoms with Gasteiger partial charge < -0.3 is 70.1 Å². The summed E-state index contributed by atoms with van der Waals surface area (Å²) >= 11 is 0. The number of hydrogen-bond acceptors (Lipinski definition) is 21. The van der Waals surface area contributed by atoms with Gasteiger partial charge in [0.25, 0.3) is 0 Å². The normalized spacial score (nSPS) is 11.2. The number of benzene rings is 10. The number of fused-ring (bicyclic) bond motifs is 12. The summed E-state index contributed by atoms with van der Waals surface area (Å²) in [5.74, 6) is -2.01. The van der Waals surface area contributed by atoms with Crippen LogP contribution in [0.5, 0.6) is 69.0 Å². The second kappa shape index (κ2) is 28.3. The Balaban J connectivity index is 1.02. The average Bonchev–Trinajstić information content (AvgIpc) is 1.53. The summed E-state index contributed by atoms with van der Waals surface area (Å²) in [4.78, 5) is 84.7. The Morgan fingerprint density at radius 2 is 0.404 bits per heavy atom. The Hall–Kier alpha value is -12.8. The highest BCUT2D eigenvalue weighted by atomic mass is 16.6. The summed E-state index contributed by atoms with van der Waals surface area (Å²) in [6.07, 6.45) is -1.25. The first kappa shape index (κ1) is 64.9. The zero-order valence-electron chi connectivity index (χ0n) is 54.1. The Kier molecular flexibility index (Phi) is 18.5. The van der Waals surface area contributed by atoms with Gasteiger partial charge in [-0.25, -0.2) is 0 Å². The fraction of sp³-hybridized carbons (Fsp3) is 0.154. The number of carbonyl (C=O) groups excluding carboxylic acids is 6. The quantitative estimate of drug-likeness (QED) is 0.0402. The Morgan fingerprint density at radius 3 is 0.566 bits per heavy atom. The number of carbonyl (C=O) groups is 6. The first-order valence-electron chi connectivity index (χ1n) is 31.0. The third-order valence-corrected chi connectivity index (χ3v) is 16.3. The minimum Gasteiger partial charge on any atom is -0.497 e. The van der Waals surface area contributed by atoms with Crippen molar-refractivity contribution in [2.24, 2.45) is 0 Å². The van der Waals surface area contributed by atoms with Crippen LogP contribution in [0.2, 0.25) is 0 Å². The van der Waals surface area contributed by atoms with Crippen LogP contribution in [0.15, 0.2) is 195 Å². The molecule has 99 heavy (non-hydrogen) atoms. The maximum Gasteiger partial charge on any atom is 0.315 e. The Morgan fingerprint density at radius 1 is 0.242 bits per heavy atom. The number of rotatable bonds is 24. The molecule has 0 saturated carbocycles. The molecule has 0 unspecified atom stereocenters. The smallest absolute Gasteiger partial charge is 0.315 e. The molecule has 0 spiro atoms. The highest BCUT2D eigenvalue weighted by Crippen LogP contribution is 2.52. The van der Waals surface area contributed by atoms with Crippen molar-refractivity contribution >= 4 is 102 Å². The van der Waals surface area contributed by atoms with E-state index in [4.69, 9.17) is 70.1 Å². The summed E-state index contributed by atoms with van der Waals surface area (Å²) in [7, 11) is 9.16. The number of methoxy groups -OCH3 is 6. The van der Waals surface area contributed by atoms with Gasteiger partial charge in [-0.3, -0.25) is 28.8 Å². The summed E-state index contributed by atoms with van der Waals surface area (Å²) in [6.45, 7) is 0. The van der Waals surface area contributed by atoms with E-state index in [1.807, 2.05) is 0 Å². The molecule has 10 aromatic carbocycles. The number of esters is 6. The van der Waals surface area contributed by atoms with Gasteiger partial charge in [0.2, 0.25) is 0 Å². The standard InChI is InChI=1S/C78H60O21/c1-85-49-19-7-43(8-20-49)31-67(79)91-61-37-55-58(40-64(61)94-70(82)34-46-13-25-52(88-4)26-14-46)97-76-73(55)77-75(56-38-62(92-68(80)32-44-9-21-50(86-2)22-10-44)65(41-59(56)98-77)95-71(83)35-47-15-27-53(89-5)28-16-47)78-74(76)57-39-63(93-69(81)33-45-11-23-51(87-3)24-12-45)66(42-60(57)99-78)96-72(84)36-48-17-29-54(90-6)30-18-48/h7-30,37-42H,31-36H2,1-6H3. The predicted molar refractivity (Wildman–Crippen MR) is 362 cm³/mol. The average molecular weight is 1330 g/mol. The van der Waals surface area contributed by atoms with Gasteiger partial charge in [0.05, 0.1) is 97.3 Å². The fourth-order valence-corrected chi connectivity index (χ4v) is 11.4. The first-order chi connectivity index (χ1) is 48.1. The lowest BCUT2D eigenvalue weighted by Crippen LogP contribution is -2.15. The second-order valence-corrected chi connectivity index (χ2v) is 22.8. The molecule has 0 fully saturated rings. The van der Waals surface area contributed by atoms with Crippen molar-refractivity contribution in [1.82, 2.24) is 0 Å². The molecular formula is C78H60O21. The molecule has 13 aromatic rings. The predicted octanol–water partition coefficient (Wildman–Crippen LogP) is 14.3. The van der Waals surface area contributed by atoms with Gasteiger partial charge in [0, 0.05) is 34.4 Å². The number of furan rings is 3. The second-order valence-electron chi connectivity index (χ2n) is 22.8. The van der Waals surface area contributed by atoms with Gasteiger partial charge in [-0.1, -0.05) is 72.8 Å². The van der Waals surface area contributed by atoms with E-state index in [0.29, 0.717) is 67.9 Å². The van der Waals surface area contributed by atoms with Crippen molar-refractivity contribution < 1.29 is 98.9 Å². The van der Waals surface area contributed by atoms with E-state index in [0.717, 1.165) is 0 Å². The maximum atomic E-state index is 14.2. The lowest BCUT2D eigenvalue weighted by atomic mass is 10.0. The Labute approximate surface area is 563 Å². The summed E-state index contributed by atoms with van der Waals surface area (Å²) in [6, 6.07) is 49.7. The first-order valence-corrected chi connectivity index (χ1v) is 31.0. The van der Waals surface area contributed by atoms with Crippen LogP contribution in [-0.4, -0.2) is 78.5 Å². The van der Waals surface area contributed by atoms with Crippen LogP contribution in [0.25, 0.3) is 65.8 Å². The molecule has 0 aliphatic rings. The van der Waals surface area contributed by atoms with Crippen LogP contribution in [0.4, 0.5) is 0 Å². The largest absolute Gasteiger partial charge is 0.497 e. The van der Waals surface area contributed by atoms with Crippen LogP contribution in [0, 0.1) is 0 Å². The number of hydrogen-bond donors (Lipinski definition) is 0. The van der Waals surface area contributed by atoms with E-state index in [1.54, 1.807) is 146 Å². The minimum atomic E-state index is -0.727.